The number of nitrogens with zero attached hydrogens (tertiary/aromatic N) is 3. The van der Waals surface area contributed by atoms with Crippen LogP contribution in [0.2, 0.25) is 0 Å². The fraction of sp³-hybridized carbons (Fsp3) is 0.933. The Kier molecular flexibility index (Phi) is 29.4. The molecule has 5 saturated heterocycles. The second-order valence-electron chi connectivity index (χ2n) is 20.9. The molecule has 5 heterocycles. The first kappa shape index (κ1) is 75.2. The average molecular weight is 1360 g/mol. The fourth-order valence-corrected chi connectivity index (χ4v) is 15.0. The SMILES string of the molecule is [B]C1CC(OP(O)(=S)OC)C(COP(=S)(OCCOCCOCCN=C(C)C2(O)C(C)OC(OC3C(O)C(O)C(N=C(N)N)C(O)C3N=C(N)N)C2OC2OC(CO)C(O)C(O)C2NC)OC2CC([B])OC2COP(O)(=S)OC2CCOC2COC)O1. The summed E-state index contributed by atoms with van der Waals surface area (Å²) in [4.78, 5) is 33.9. The smallest absolute Gasteiger partial charge is 0.327 e. The molecule has 26 unspecified atom stereocenters. The van der Waals surface area contributed by atoms with Gasteiger partial charge in [-0.2, -0.15) is 0 Å². The number of ether oxygens (including phenoxy) is 10. The fourth-order valence-electron chi connectivity index (χ4n) is 10.4. The van der Waals surface area contributed by atoms with E-state index in [1.54, 1.807) is 0 Å². The van der Waals surface area contributed by atoms with Gasteiger partial charge in [-0.05, 0) is 69.2 Å². The van der Waals surface area contributed by atoms with Crippen molar-refractivity contribution in [1.82, 2.24) is 5.32 Å². The molecule has 26 atom stereocenters. The van der Waals surface area contributed by atoms with Crippen molar-refractivity contribution in [1.29, 1.82) is 0 Å². The first-order valence-electron chi connectivity index (χ1n) is 27.6. The summed E-state index contributed by atoms with van der Waals surface area (Å²) in [6.07, 6.45) is -21.9. The van der Waals surface area contributed by atoms with Gasteiger partial charge >= 0.3 is 20.2 Å². The van der Waals surface area contributed by atoms with E-state index in [-0.39, 0.29) is 78.0 Å². The van der Waals surface area contributed by atoms with Crippen molar-refractivity contribution in [2.75, 3.05) is 93.9 Å². The van der Waals surface area contributed by atoms with Crippen LogP contribution < -0.4 is 28.3 Å². The highest BCUT2D eigenvalue weighted by Crippen LogP contribution is 2.55. The van der Waals surface area contributed by atoms with Gasteiger partial charge in [-0.1, -0.05) is 0 Å². The zero-order valence-corrected chi connectivity index (χ0v) is 53.6. The van der Waals surface area contributed by atoms with E-state index in [1.807, 2.05) is 0 Å². The lowest BCUT2D eigenvalue weighted by molar-refractivity contribution is -0.313. The summed E-state index contributed by atoms with van der Waals surface area (Å²) in [7, 11) is 16.4. The van der Waals surface area contributed by atoms with Gasteiger partial charge in [-0.15, -0.1) is 0 Å². The van der Waals surface area contributed by atoms with Crippen molar-refractivity contribution in [3.05, 3.63) is 0 Å². The molecule has 498 valence electrons. The quantitative estimate of drug-likeness (QED) is 0.00937. The Labute approximate surface area is 521 Å². The predicted molar refractivity (Wildman–Crippen MR) is 318 cm³/mol. The number of nitrogens with two attached hydrogens (primary N) is 4. The molecule has 4 radical (unpaired) electrons. The topological polar surface area (TPSA) is 492 Å². The Hall–Kier alpha value is -0.790. The van der Waals surface area contributed by atoms with E-state index in [4.69, 9.17) is 153 Å². The zero-order chi connectivity index (χ0) is 64.2. The summed E-state index contributed by atoms with van der Waals surface area (Å²) >= 11 is 16.3. The number of guanidine groups is 2. The molecule has 34 nitrogen and oxygen atoms in total. The third-order valence-electron chi connectivity index (χ3n) is 14.9. The van der Waals surface area contributed by atoms with E-state index in [2.05, 4.69) is 20.3 Å². The van der Waals surface area contributed by atoms with Crippen LogP contribution in [0, 0.1) is 0 Å². The van der Waals surface area contributed by atoms with Crippen molar-refractivity contribution in [3.63, 3.8) is 0 Å². The molecule has 0 aromatic carbocycles. The molecule has 0 spiro atoms. The second kappa shape index (κ2) is 34.1. The number of aliphatic hydroxyl groups is 7. The first-order valence-corrected chi connectivity index (χ1v) is 35.3. The number of rotatable bonds is 34. The molecule has 0 bridgehead atoms. The van der Waals surface area contributed by atoms with Crippen LogP contribution in [-0.2, 0) is 114 Å². The molecule has 6 rings (SSSR count). The standard InChI is InChI=1S/C45H83B2N8O26P3S3/c1-20(45(62)21(2)73-42(40(45)78-41-33(52-3)37(60)34(57)25(16-56)76-41)77-39-32(55-44(50)51)35(58)31(54-43(48)49)36(59)38(39)61)53-7-9-67-10-11-68-12-13-70-84(87,72-19-28-23(14-29(46)75-28)80-82(63,85)66-5)81-24-15-30(47)74-27(24)18-71-83(64,86)79-22-6-8-69-26(22)17-65-4/h21-42,52,56-62H,6-19H2,1-5H3,(H,63,85)(H,64,86)(H4,48,49,54)(H4,50,51,55). The summed E-state index contributed by atoms with van der Waals surface area (Å²) in [6, 6.07) is -5.94. The average Bonchev–Trinajstić information content (AvgIpc) is 1.99. The Morgan fingerprint density at radius 3 is 1.89 bits per heavy atom. The summed E-state index contributed by atoms with van der Waals surface area (Å²) in [6.45, 7) is -9.41. The summed E-state index contributed by atoms with van der Waals surface area (Å²) < 4.78 is 99.3. The van der Waals surface area contributed by atoms with Crippen molar-refractivity contribution in [3.8, 4) is 0 Å². The minimum atomic E-state index is -3.85. The minimum absolute atomic E-state index is 0.00890. The van der Waals surface area contributed by atoms with Crippen LogP contribution in [0.1, 0.15) is 33.1 Å². The Bertz CT molecular complexity index is 2420. The van der Waals surface area contributed by atoms with Crippen molar-refractivity contribution in [2.24, 2.45) is 37.9 Å². The number of methoxy groups -OCH3 is 1. The molecule has 1 saturated carbocycles. The molecule has 42 heteroatoms. The first-order chi connectivity index (χ1) is 41.0. The van der Waals surface area contributed by atoms with E-state index in [1.165, 1.54) is 35.1 Å². The number of hydrogen-bond donors (Lipinski definition) is 14. The van der Waals surface area contributed by atoms with Gasteiger partial charge in [0.2, 0.25) is 0 Å². The summed E-state index contributed by atoms with van der Waals surface area (Å²) in [5.41, 5.74) is 20.3. The van der Waals surface area contributed by atoms with Gasteiger partial charge in [0.15, 0.2) is 30.1 Å². The zero-order valence-electron chi connectivity index (χ0n) is 48.4. The highest BCUT2D eigenvalue weighted by Gasteiger charge is 2.62. The number of aliphatic hydroxyl groups excluding tert-OH is 6. The van der Waals surface area contributed by atoms with Crippen LogP contribution in [0.15, 0.2) is 15.0 Å². The van der Waals surface area contributed by atoms with Gasteiger partial charge in [0.1, 0.15) is 94.9 Å². The van der Waals surface area contributed by atoms with E-state index in [9.17, 15) is 45.5 Å². The Morgan fingerprint density at radius 2 is 1.28 bits per heavy atom. The maximum absolute atomic E-state index is 12.7. The van der Waals surface area contributed by atoms with Gasteiger partial charge < -0.3 is 153 Å². The predicted octanol–water partition coefficient (Wildman–Crippen LogP) is -6.35. The van der Waals surface area contributed by atoms with Crippen LogP contribution in [0.3, 0.4) is 0 Å². The van der Waals surface area contributed by atoms with Crippen molar-refractivity contribution in [2.45, 2.75) is 173 Å². The highest BCUT2D eigenvalue weighted by molar-refractivity contribution is 8.08. The van der Waals surface area contributed by atoms with E-state index < -0.39 is 179 Å². The van der Waals surface area contributed by atoms with E-state index in [0.717, 1.165) is 0 Å². The molecule has 87 heavy (non-hydrogen) atoms. The lowest BCUT2D eigenvalue weighted by Crippen LogP contribution is -2.67. The number of nitrogens with one attached hydrogen (secondary N) is 1. The normalized spacial score (nSPS) is 40.4. The van der Waals surface area contributed by atoms with Gasteiger partial charge in [0.25, 0.3) is 0 Å². The Balaban J connectivity index is 1.08. The lowest BCUT2D eigenvalue weighted by Gasteiger charge is -2.46. The molecule has 0 aromatic heterocycles. The maximum Gasteiger partial charge on any atom is 0.327 e. The highest BCUT2D eigenvalue weighted by atomic mass is 32.5. The Morgan fingerprint density at radius 1 is 0.678 bits per heavy atom. The summed E-state index contributed by atoms with van der Waals surface area (Å²) in [5.74, 6) is -1.09. The molecule has 6 aliphatic rings. The molecule has 18 N–H and O–H groups in total. The monoisotopic (exact) mass is 1360 g/mol. The van der Waals surface area contributed by atoms with Crippen LogP contribution in [0.4, 0.5) is 0 Å². The number of hydrogen-bond acceptors (Lipinski definition) is 31. The molecule has 6 fully saturated rings. The van der Waals surface area contributed by atoms with Gasteiger partial charge in [-0.3, -0.25) is 4.99 Å². The third-order valence-corrected chi connectivity index (χ3v) is 20.6. The minimum Gasteiger partial charge on any atom is -0.394 e. The van der Waals surface area contributed by atoms with Crippen molar-refractivity contribution >= 4 is 88.9 Å². The van der Waals surface area contributed by atoms with Gasteiger partial charge in [0, 0.05) is 45.0 Å². The lowest BCUT2D eigenvalue weighted by atomic mass is 9.81. The van der Waals surface area contributed by atoms with Gasteiger partial charge in [-0.25, -0.2) is 9.98 Å². The van der Waals surface area contributed by atoms with Crippen LogP contribution in [0.5, 0.6) is 0 Å². The summed E-state index contributed by atoms with van der Waals surface area (Å²) in [5, 5.41) is 81.1. The van der Waals surface area contributed by atoms with Crippen LogP contribution in [-0.4, -0.2) is 313 Å². The molecule has 0 amide bonds. The van der Waals surface area contributed by atoms with Crippen LogP contribution >= 0.6 is 20.2 Å². The van der Waals surface area contributed by atoms with Crippen LogP contribution in [0.25, 0.3) is 0 Å². The van der Waals surface area contributed by atoms with Gasteiger partial charge in [0.05, 0.1) is 96.5 Å². The molecule has 1 aliphatic carbocycles. The largest absolute Gasteiger partial charge is 0.394 e. The molecular weight excluding hydrogens is 1280 g/mol. The number of aliphatic imine (C=N–C) groups is 3. The molecule has 0 aromatic rings. The third kappa shape index (κ3) is 20.4. The van der Waals surface area contributed by atoms with Crippen molar-refractivity contribution < 1.29 is 125 Å². The van der Waals surface area contributed by atoms with E-state index >= 15 is 0 Å². The van der Waals surface area contributed by atoms with E-state index in [0.29, 0.717) is 13.0 Å². The molecule has 5 aliphatic heterocycles. The maximum atomic E-state index is 12.7. The number of likely N-dealkylation sites (N-methyl/N-ethyl adjacent to an activating group) is 1. The molecular formula is C45H83B2N8O26P3S3. The second-order valence-corrected chi connectivity index (χ2v) is 29.5.